The summed E-state index contributed by atoms with van der Waals surface area (Å²) in [4.78, 5) is 12.0. The maximum atomic E-state index is 12.0. The number of hydrogen-bond acceptors (Lipinski definition) is 5. The van der Waals surface area contributed by atoms with Crippen molar-refractivity contribution < 1.29 is 14.6 Å². The lowest BCUT2D eigenvalue weighted by Gasteiger charge is -2.30. The van der Waals surface area contributed by atoms with E-state index < -0.39 is 0 Å². The third-order valence-electron chi connectivity index (χ3n) is 3.67. The number of rotatable bonds is 0. The Kier molecular flexibility index (Phi) is 2.14. The zero-order chi connectivity index (χ0) is 13.0. The molecule has 5 heteroatoms. The maximum Gasteiger partial charge on any atom is 0.336 e. The van der Waals surface area contributed by atoms with Gasteiger partial charge in [-0.05, 0) is 19.9 Å². The summed E-state index contributed by atoms with van der Waals surface area (Å²) in [6, 6.07) is 3.05. The van der Waals surface area contributed by atoms with Gasteiger partial charge in [-0.3, -0.25) is 5.01 Å². The van der Waals surface area contributed by atoms with E-state index in [2.05, 4.69) is 5.10 Å². The van der Waals surface area contributed by atoms with Gasteiger partial charge in [0.25, 0.3) is 0 Å². The number of aromatic hydroxyl groups is 1. The number of fused-ring (bicyclic) bond motifs is 3. The number of hydrazone groups is 1. The van der Waals surface area contributed by atoms with Crippen LogP contribution in [-0.2, 0) is 4.79 Å². The summed E-state index contributed by atoms with van der Waals surface area (Å²) in [5.41, 5.74) is 2.41. The highest BCUT2D eigenvalue weighted by molar-refractivity contribution is 6.00. The highest BCUT2D eigenvalue weighted by atomic mass is 16.5. The van der Waals surface area contributed by atoms with Gasteiger partial charge in [0.2, 0.25) is 0 Å². The van der Waals surface area contributed by atoms with Crippen LogP contribution >= 0.6 is 0 Å². The highest BCUT2D eigenvalue weighted by Gasteiger charge is 2.46. The van der Waals surface area contributed by atoms with Crippen molar-refractivity contribution in [3.05, 3.63) is 23.3 Å². The number of hydrogen-bond donors (Lipinski definition) is 1. The molecule has 0 saturated carbocycles. The van der Waals surface area contributed by atoms with Gasteiger partial charge < -0.3 is 9.84 Å². The van der Waals surface area contributed by atoms with Crippen molar-refractivity contribution in [1.82, 2.24) is 5.01 Å². The largest absolute Gasteiger partial charge is 0.508 e. The molecule has 18 heavy (non-hydrogen) atoms. The number of carbonyl (C=O) groups excluding carboxylic acids is 1. The number of benzene rings is 1. The SMILES string of the molecule is CC1=NN(C)C2C(=O)Oc3c(ccc(O)c3C)C12. The van der Waals surface area contributed by atoms with Crippen LogP contribution in [0.2, 0.25) is 0 Å². The minimum atomic E-state index is -0.388. The lowest BCUT2D eigenvalue weighted by molar-refractivity contribution is -0.141. The average molecular weight is 246 g/mol. The van der Waals surface area contributed by atoms with Gasteiger partial charge in [0.05, 0.1) is 5.92 Å². The summed E-state index contributed by atoms with van der Waals surface area (Å²) in [5, 5.41) is 15.7. The summed E-state index contributed by atoms with van der Waals surface area (Å²) in [6.07, 6.45) is 0. The Morgan fingerprint density at radius 1 is 1.39 bits per heavy atom. The van der Waals surface area contributed by atoms with Crippen LogP contribution in [0.4, 0.5) is 0 Å². The molecule has 1 aromatic rings. The molecule has 2 aliphatic heterocycles. The van der Waals surface area contributed by atoms with Gasteiger partial charge in [0, 0.05) is 23.9 Å². The van der Waals surface area contributed by atoms with Crippen molar-refractivity contribution in [3.8, 4) is 11.5 Å². The van der Waals surface area contributed by atoms with E-state index in [1.165, 1.54) is 0 Å². The van der Waals surface area contributed by atoms with Crippen molar-refractivity contribution in [1.29, 1.82) is 0 Å². The molecular weight excluding hydrogens is 232 g/mol. The summed E-state index contributed by atoms with van der Waals surface area (Å²) >= 11 is 0. The van der Waals surface area contributed by atoms with Gasteiger partial charge in [-0.2, -0.15) is 5.10 Å². The van der Waals surface area contributed by atoms with Crippen molar-refractivity contribution in [2.45, 2.75) is 25.8 Å². The summed E-state index contributed by atoms with van der Waals surface area (Å²) in [7, 11) is 1.77. The molecular formula is C13H14N2O3. The minimum Gasteiger partial charge on any atom is -0.508 e. The maximum absolute atomic E-state index is 12.0. The Hall–Kier alpha value is -2.04. The van der Waals surface area contributed by atoms with E-state index in [0.717, 1.165) is 11.3 Å². The fraction of sp³-hybridized carbons (Fsp3) is 0.385. The smallest absolute Gasteiger partial charge is 0.336 e. The molecule has 2 unspecified atom stereocenters. The first-order valence-corrected chi connectivity index (χ1v) is 5.83. The third-order valence-corrected chi connectivity index (χ3v) is 3.67. The zero-order valence-corrected chi connectivity index (χ0v) is 10.5. The molecule has 0 bridgehead atoms. The van der Waals surface area contributed by atoms with Gasteiger partial charge >= 0.3 is 5.97 Å². The van der Waals surface area contributed by atoms with Gasteiger partial charge in [0.15, 0.2) is 6.04 Å². The van der Waals surface area contributed by atoms with Crippen LogP contribution in [0.15, 0.2) is 17.2 Å². The Bertz CT molecular complexity index is 580. The molecule has 3 rings (SSSR count). The number of phenolic OH excluding ortho intramolecular Hbond substituents is 1. The topological polar surface area (TPSA) is 62.1 Å². The van der Waals surface area contributed by atoms with Crippen LogP contribution < -0.4 is 4.74 Å². The average Bonchev–Trinajstić information content (AvgIpc) is 2.61. The molecule has 0 spiro atoms. The standard InChI is InChI=1S/C13H14N2O3/c1-6-9(16)5-4-8-10-7(2)14-15(3)11(10)13(17)18-12(6)8/h4-5,10-11,16H,1-3H3. The van der Waals surface area contributed by atoms with Crippen molar-refractivity contribution in [2.75, 3.05) is 7.05 Å². The molecule has 94 valence electrons. The summed E-state index contributed by atoms with van der Waals surface area (Å²) in [5.74, 6) is 0.224. The van der Waals surface area contributed by atoms with Crippen LogP contribution in [0.5, 0.6) is 11.5 Å². The molecule has 0 aliphatic carbocycles. The van der Waals surface area contributed by atoms with Gasteiger partial charge in [-0.25, -0.2) is 4.79 Å². The number of esters is 1. The normalized spacial score (nSPS) is 25.4. The zero-order valence-electron chi connectivity index (χ0n) is 10.5. The molecule has 5 nitrogen and oxygen atoms in total. The van der Waals surface area contributed by atoms with Crippen LogP contribution in [0.3, 0.4) is 0 Å². The fourth-order valence-corrected chi connectivity index (χ4v) is 2.74. The predicted octanol–water partition coefficient (Wildman–Crippen LogP) is 1.39. The van der Waals surface area contributed by atoms with E-state index in [4.69, 9.17) is 4.74 Å². The third kappa shape index (κ3) is 1.27. The van der Waals surface area contributed by atoms with E-state index in [-0.39, 0.29) is 23.7 Å². The molecule has 2 aliphatic rings. The minimum absolute atomic E-state index is 0.0782. The Labute approximate surface area is 105 Å². The van der Waals surface area contributed by atoms with E-state index in [1.54, 1.807) is 31.1 Å². The molecule has 1 N–H and O–H groups in total. The molecule has 2 atom stereocenters. The second kappa shape index (κ2) is 3.48. The summed E-state index contributed by atoms with van der Waals surface area (Å²) < 4.78 is 5.36. The van der Waals surface area contributed by atoms with E-state index in [1.807, 2.05) is 6.92 Å². The first-order chi connectivity index (χ1) is 8.50. The van der Waals surface area contributed by atoms with E-state index in [0.29, 0.717) is 11.3 Å². The fourth-order valence-electron chi connectivity index (χ4n) is 2.74. The number of ether oxygens (including phenoxy) is 1. The number of phenols is 1. The van der Waals surface area contributed by atoms with E-state index in [9.17, 15) is 9.90 Å². The van der Waals surface area contributed by atoms with Crippen LogP contribution in [0, 0.1) is 6.92 Å². The molecule has 0 aromatic heterocycles. The molecule has 1 aromatic carbocycles. The monoisotopic (exact) mass is 246 g/mol. The Morgan fingerprint density at radius 3 is 2.83 bits per heavy atom. The number of carbonyl (C=O) groups is 1. The Morgan fingerprint density at radius 2 is 2.11 bits per heavy atom. The number of nitrogens with zero attached hydrogens (tertiary/aromatic N) is 2. The summed E-state index contributed by atoms with van der Waals surface area (Å²) in [6.45, 7) is 3.65. The molecule has 0 amide bonds. The molecule has 0 fully saturated rings. The predicted molar refractivity (Wildman–Crippen MR) is 65.9 cm³/mol. The van der Waals surface area contributed by atoms with Crippen LogP contribution in [0.25, 0.3) is 0 Å². The molecule has 0 radical (unpaired) electrons. The Balaban J connectivity index is 2.21. The second-order valence-electron chi connectivity index (χ2n) is 4.79. The number of likely N-dealkylation sites (N-methyl/N-ethyl adjacent to an activating group) is 1. The highest BCUT2D eigenvalue weighted by Crippen LogP contribution is 2.44. The van der Waals surface area contributed by atoms with Crippen molar-refractivity contribution in [2.24, 2.45) is 5.10 Å². The molecule has 0 saturated heterocycles. The molecule has 2 heterocycles. The van der Waals surface area contributed by atoms with Gasteiger partial charge in [-0.1, -0.05) is 6.07 Å². The lowest BCUT2D eigenvalue weighted by atomic mass is 9.85. The van der Waals surface area contributed by atoms with Crippen LogP contribution in [0.1, 0.15) is 24.0 Å². The lowest BCUT2D eigenvalue weighted by Crippen LogP contribution is -2.43. The van der Waals surface area contributed by atoms with Crippen LogP contribution in [-0.4, -0.2) is 34.9 Å². The quantitative estimate of drug-likeness (QED) is 0.555. The second-order valence-corrected chi connectivity index (χ2v) is 4.79. The first kappa shape index (κ1) is 11.1. The van der Waals surface area contributed by atoms with Gasteiger partial charge in [-0.15, -0.1) is 0 Å². The first-order valence-electron chi connectivity index (χ1n) is 5.83. The van der Waals surface area contributed by atoms with Gasteiger partial charge in [0.1, 0.15) is 11.5 Å². The van der Waals surface area contributed by atoms with E-state index >= 15 is 0 Å². The van der Waals surface area contributed by atoms with Crippen molar-refractivity contribution >= 4 is 11.7 Å². The van der Waals surface area contributed by atoms with Crippen molar-refractivity contribution in [3.63, 3.8) is 0 Å².